The minimum Gasteiger partial charge on any atom is -0.394 e. The second-order valence-electron chi connectivity index (χ2n) is 7.12. The minimum atomic E-state index is -0.682. The van der Waals surface area contributed by atoms with Gasteiger partial charge in [-0.3, -0.25) is 4.79 Å². The van der Waals surface area contributed by atoms with Crippen LogP contribution in [-0.4, -0.2) is 37.9 Å². The van der Waals surface area contributed by atoms with Crippen LogP contribution >= 0.6 is 0 Å². The van der Waals surface area contributed by atoms with Crippen LogP contribution in [0.25, 0.3) is 5.69 Å². The summed E-state index contributed by atoms with van der Waals surface area (Å²) in [6.45, 7) is 5.49. The molecule has 0 spiro atoms. The Hall–Kier alpha value is -2.28. The van der Waals surface area contributed by atoms with E-state index in [1.165, 1.54) is 10.7 Å². The SMILES string of the molecule is CC(C)c1nc(C(=O)NC(C)(CO)C2CC2)nn1-c1ccccc1F. The molecule has 0 bridgehead atoms. The van der Waals surface area contributed by atoms with Crippen molar-refractivity contribution in [1.29, 1.82) is 0 Å². The Kier molecular flexibility index (Phi) is 4.60. The Morgan fingerprint density at radius 3 is 2.68 bits per heavy atom. The molecule has 2 N–H and O–H groups in total. The number of benzene rings is 1. The first-order valence-electron chi connectivity index (χ1n) is 8.51. The zero-order chi connectivity index (χ0) is 18.2. The fourth-order valence-corrected chi connectivity index (χ4v) is 2.90. The van der Waals surface area contributed by atoms with Crippen LogP contribution in [0, 0.1) is 11.7 Å². The van der Waals surface area contributed by atoms with Crippen molar-refractivity contribution in [1.82, 2.24) is 20.1 Å². The first-order chi connectivity index (χ1) is 11.9. The van der Waals surface area contributed by atoms with Crippen molar-refractivity contribution in [2.45, 2.75) is 45.1 Å². The van der Waals surface area contributed by atoms with Gasteiger partial charge in [-0.25, -0.2) is 14.1 Å². The number of nitrogens with zero attached hydrogens (tertiary/aromatic N) is 3. The highest BCUT2D eigenvalue weighted by Gasteiger charge is 2.42. The highest BCUT2D eigenvalue weighted by atomic mass is 19.1. The second-order valence-corrected chi connectivity index (χ2v) is 7.12. The number of amides is 1. The van der Waals surface area contributed by atoms with E-state index in [4.69, 9.17) is 0 Å². The van der Waals surface area contributed by atoms with Crippen molar-refractivity contribution >= 4 is 5.91 Å². The molecule has 6 nitrogen and oxygen atoms in total. The minimum absolute atomic E-state index is 0.0210. The first-order valence-corrected chi connectivity index (χ1v) is 8.51. The molecule has 1 aliphatic rings. The summed E-state index contributed by atoms with van der Waals surface area (Å²) in [6, 6.07) is 6.25. The monoisotopic (exact) mass is 346 g/mol. The number of aliphatic hydroxyl groups is 1. The number of para-hydroxylation sites is 1. The summed E-state index contributed by atoms with van der Waals surface area (Å²) in [6.07, 6.45) is 1.96. The van der Waals surface area contributed by atoms with E-state index in [1.807, 2.05) is 20.8 Å². The average Bonchev–Trinajstić information content (AvgIpc) is 3.34. The molecule has 1 unspecified atom stereocenters. The smallest absolute Gasteiger partial charge is 0.291 e. The predicted molar refractivity (Wildman–Crippen MR) is 91.1 cm³/mol. The topological polar surface area (TPSA) is 80.0 Å². The summed E-state index contributed by atoms with van der Waals surface area (Å²) in [4.78, 5) is 16.9. The van der Waals surface area contributed by atoms with Crippen LogP contribution in [0.5, 0.6) is 0 Å². The third-order valence-corrected chi connectivity index (χ3v) is 4.64. The maximum absolute atomic E-state index is 14.1. The number of carbonyl (C=O) groups is 1. The van der Waals surface area contributed by atoms with Gasteiger partial charge in [0.05, 0.1) is 12.1 Å². The van der Waals surface area contributed by atoms with Gasteiger partial charge in [-0.05, 0) is 37.8 Å². The molecular weight excluding hydrogens is 323 g/mol. The van der Waals surface area contributed by atoms with Gasteiger partial charge < -0.3 is 10.4 Å². The molecule has 0 radical (unpaired) electrons. The molecule has 1 aromatic carbocycles. The lowest BCUT2D eigenvalue weighted by Gasteiger charge is -2.28. The van der Waals surface area contributed by atoms with Gasteiger partial charge in [0.25, 0.3) is 5.91 Å². The lowest BCUT2D eigenvalue weighted by molar-refractivity contribution is 0.0814. The Bertz CT molecular complexity index is 785. The molecule has 0 aliphatic heterocycles. The predicted octanol–water partition coefficient (Wildman–Crippen LogP) is 2.42. The largest absolute Gasteiger partial charge is 0.394 e. The molecule has 2 aromatic rings. The molecule has 1 atom stereocenters. The van der Waals surface area contributed by atoms with E-state index in [9.17, 15) is 14.3 Å². The van der Waals surface area contributed by atoms with Crippen molar-refractivity contribution in [3.05, 3.63) is 41.7 Å². The van der Waals surface area contributed by atoms with Gasteiger partial charge in [0.1, 0.15) is 17.3 Å². The van der Waals surface area contributed by atoms with Crippen LogP contribution in [0.1, 0.15) is 56.0 Å². The number of hydrogen-bond acceptors (Lipinski definition) is 4. The Labute approximate surface area is 146 Å². The van der Waals surface area contributed by atoms with E-state index in [0.29, 0.717) is 5.82 Å². The van der Waals surface area contributed by atoms with Crippen molar-refractivity contribution in [2.75, 3.05) is 6.61 Å². The summed E-state index contributed by atoms with van der Waals surface area (Å²) < 4.78 is 15.5. The molecule has 1 aliphatic carbocycles. The standard InChI is InChI=1S/C18H23FN4O2/c1-11(2)16-20-15(17(25)21-18(3,10-24)12-8-9-12)22-23(16)14-7-5-4-6-13(14)19/h4-7,11-12,24H,8-10H2,1-3H3,(H,21,25). The third-order valence-electron chi connectivity index (χ3n) is 4.64. The van der Waals surface area contributed by atoms with Crippen LogP contribution in [0.4, 0.5) is 4.39 Å². The molecule has 134 valence electrons. The van der Waals surface area contributed by atoms with Gasteiger partial charge in [-0.1, -0.05) is 26.0 Å². The number of carbonyl (C=O) groups excluding carboxylic acids is 1. The number of hydrogen-bond donors (Lipinski definition) is 2. The van der Waals surface area contributed by atoms with E-state index >= 15 is 0 Å². The van der Waals surface area contributed by atoms with Crippen LogP contribution in [-0.2, 0) is 0 Å². The molecule has 7 heteroatoms. The summed E-state index contributed by atoms with van der Waals surface area (Å²) in [5.41, 5.74) is -0.428. The van der Waals surface area contributed by atoms with Crippen molar-refractivity contribution in [2.24, 2.45) is 5.92 Å². The number of nitrogens with one attached hydrogen (secondary N) is 1. The molecule has 1 aromatic heterocycles. The number of halogens is 1. The highest BCUT2D eigenvalue weighted by Crippen LogP contribution is 2.39. The lowest BCUT2D eigenvalue weighted by Crippen LogP contribution is -2.51. The van der Waals surface area contributed by atoms with E-state index in [2.05, 4.69) is 15.4 Å². The number of rotatable bonds is 6. The van der Waals surface area contributed by atoms with Crippen molar-refractivity contribution in [3.63, 3.8) is 0 Å². The molecular formula is C18H23FN4O2. The molecule has 3 rings (SSSR count). The second kappa shape index (κ2) is 6.55. The van der Waals surface area contributed by atoms with Gasteiger partial charge in [-0.15, -0.1) is 5.10 Å². The Morgan fingerprint density at radius 2 is 2.12 bits per heavy atom. The summed E-state index contributed by atoms with van der Waals surface area (Å²) in [7, 11) is 0. The van der Waals surface area contributed by atoms with Gasteiger partial charge in [0, 0.05) is 5.92 Å². The van der Waals surface area contributed by atoms with E-state index in [1.54, 1.807) is 18.2 Å². The zero-order valence-electron chi connectivity index (χ0n) is 14.7. The van der Waals surface area contributed by atoms with Gasteiger partial charge in [-0.2, -0.15) is 0 Å². The van der Waals surface area contributed by atoms with Crippen LogP contribution in [0.3, 0.4) is 0 Å². The first kappa shape index (κ1) is 17.5. The van der Waals surface area contributed by atoms with Gasteiger partial charge in [0.15, 0.2) is 0 Å². The van der Waals surface area contributed by atoms with E-state index < -0.39 is 17.3 Å². The van der Waals surface area contributed by atoms with Crippen molar-refractivity contribution < 1.29 is 14.3 Å². The Balaban J connectivity index is 1.94. The number of aliphatic hydroxyl groups excluding tert-OH is 1. The third kappa shape index (κ3) is 3.42. The normalized spacial score (nSPS) is 16.7. The van der Waals surface area contributed by atoms with E-state index in [-0.39, 0.29) is 30.0 Å². The lowest BCUT2D eigenvalue weighted by atomic mass is 9.97. The summed E-state index contributed by atoms with van der Waals surface area (Å²) in [5.74, 6) is -0.180. The molecule has 0 saturated heterocycles. The van der Waals surface area contributed by atoms with Crippen LogP contribution in [0.15, 0.2) is 24.3 Å². The molecule has 25 heavy (non-hydrogen) atoms. The van der Waals surface area contributed by atoms with Gasteiger partial charge >= 0.3 is 0 Å². The average molecular weight is 346 g/mol. The van der Waals surface area contributed by atoms with Gasteiger partial charge in [0.2, 0.25) is 5.82 Å². The maximum atomic E-state index is 14.1. The molecule has 1 fully saturated rings. The highest BCUT2D eigenvalue weighted by molar-refractivity contribution is 5.91. The fraction of sp³-hybridized carbons (Fsp3) is 0.500. The van der Waals surface area contributed by atoms with E-state index in [0.717, 1.165) is 12.8 Å². The Morgan fingerprint density at radius 1 is 1.44 bits per heavy atom. The van der Waals surface area contributed by atoms with Crippen LogP contribution in [0.2, 0.25) is 0 Å². The zero-order valence-corrected chi connectivity index (χ0v) is 14.7. The maximum Gasteiger partial charge on any atom is 0.291 e. The summed E-state index contributed by atoms with van der Waals surface area (Å²) in [5, 5.41) is 16.7. The quantitative estimate of drug-likeness (QED) is 0.842. The molecule has 1 amide bonds. The summed E-state index contributed by atoms with van der Waals surface area (Å²) >= 11 is 0. The van der Waals surface area contributed by atoms with Crippen LogP contribution < -0.4 is 5.32 Å². The van der Waals surface area contributed by atoms with Crippen molar-refractivity contribution in [3.8, 4) is 5.69 Å². The number of aromatic nitrogens is 3. The fourth-order valence-electron chi connectivity index (χ4n) is 2.90. The molecule has 1 saturated carbocycles. The molecule has 1 heterocycles.